The van der Waals surface area contributed by atoms with Crippen LogP contribution < -0.4 is 0 Å². The molecular weight excluding hydrogens is 212 g/mol. The van der Waals surface area contributed by atoms with Gasteiger partial charge in [0, 0.05) is 19.1 Å². The largest absolute Gasteiger partial charge is 0.395 e. The summed E-state index contributed by atoms with van der Waals surface area (Å²) in [6.45, 7) is 5.08. The zero-order valence-corrected chi connectivity index (χ0v) is 9.58. The monoisotopic (exact) mass is 229 g/mol. The Morgan fingerprint density at radius 1 is 1.25 bits per heavy atom. The van der Waals surface area contributed by atoms with Gasteiger partial charge in [0.1, 0.15) is 0 Å². The van der Waals surface area contributed by atoms with Crippen LogP contribution in [0.5, 0.6) is 0 Å². The van der Waals surface area contributed by atoms with Crippen molar-refractivity contribution in [3.8, 4) is 0 Å². The number of rotatable bonds is 5. The van der Waals surface area contributed by atoms with E-state index in [-0.39, 0.29) is 12.6 Å². The second kappa shape index (κ2) is 5.92. The average Bonchev–Trinajstić information content (AvgIpc) is 2.22. The number of halogens is 2. The van der Waals surface area contributed by atoms with Gasteiger partial charge < -0.3 is 5.11 Å². The van der Waals surface area contributed by atoms with E-state index < -0.39 is 11.6 Å². The van der Waals surface area contributed by atoms with Gasteiger partial charge in [0.05, 0.1) is 6.61 Å². The van der Waals surface area contributed by atoms with Gasteiger partial charge in [-0.2, -0.15) is 0 Å². The molecule has 0 saturated heterocycles. The van der Waals surface area contributed by atoms with Crippen LogP contribution in [-0.2, 0) is 6.54 Å². The van der Waals surface area contributed by atoms with Crippen molar-refractivity contribution in [1.29, 1.82) is 0 Å². The highest BCUT2D eigenvalue weighted by Gasteiger charge is 2.10. The van der Waals surface area contributed by atoms with Crippen LogP contribution in [0.15, 0.2) is 18.2 Å². The van der Waals surface area contributed by atoms with E-state index in [4.69, 9.17) is 5.11 Å². The van der Waals surface area contributed by atoms with Gasteiger partial charge in [-0.05, 0) is 31.5 Å². The van der Waals surface area contributed by atoms with Crippen molar-refractivity contribution in [3.05, 3.63) is 35.4 Å². The van der Waals surface area contributed by atoms with E-state index in [1.165, 1.54) is 6.07 Å². The predicted molar refractivity (Wildman–Crippen MR) is 59.0 cm³/mol. The predicted octanol–water partition coefficient (Wildman–Crippen LogP) is 2.17. The van der Waals surface area contributed by atoms with Crippen molar-refractivity contribution in [2.24, 2.45) is 0 Å². The van der Waals surface area contributed by atoms with E-state index in [0.717, 1.165) is 6.07 Å². The van der Waals surface area contributed by atoms with E-state index >= 15 is 0 Å². The third kappa shape index (κ3) is 3.54. The van der Waals surface area contributed by atoms with Gasteiger partial charge >= 0.3 is 0 Å². The number of benzene rings is 1. The second-order valence-electron chi connectivity index (χ2n) is 4.04. The maximum absolute atomic E-state index is 13.0. The Bertz CT molecular complexity index is 342. The summed E-state index contributed by atoms with van der Waals surface area (Å²) in [4.78, 5) is 1.99. The third-order valence-corrected chi connectivity index (χ3v) is 2.49. The SMILES string of the molecule is CC(C)N(CCO)Cc1ccc(F)c(F)c1. The normalized spacial score (nSPS) is 11.4. The van der Waals surface area contributed by atoms with E-state index in [1.54, 1.807) is 6.07 Å². The molecule has 2 nitrogen and oxygen atoms in total. The van der Waals surface area contributed by atoms with Crippen molar-refractivity contribution in [2.75, 3.05) is 13.2 Å². The molecule has 16 heavy (non-hydrogen) atoms. The van der Waals surface area contributed by atoms with Gasteiger partial charge in [0.2, 0.25) is 0 Å². The molecule has 0 aliphatic rings. The molecule has 1 N–H and O–H groups in total. The fourth-order valence-electron chi connectivity index (χ4n) is 1.52. The molecule has 1 aromatic rings. The standard InChI is InChI=1S/C12H17F2NO/c1-9(2)15(5-6-16)8-10-3-4-11(13)12(14)7-10/h3-4,7,9,16H,5-6,8H2,1-2H3. The molecule has 0 unspecified atom stereocenters. The molecule has 0 bridgehead atoms. The first kappa shape index (κ1) is 13.1. The fourth-order valence-corrected chi connectivity index (χ4v) is 1.52. The quantitative estimate of drug-likeness (QED) is 0.836. The molecule has 0 radical (unpaired) electrons. The number of aliphatic hydroxyl groups is 1. The molecule has 0 fully saturated rings. The number of aliphatic hydroxyl groups excluding tert-OH is 1. The van der Waals surface area contributed by atoms with E-state index in [0.29, 0.717) is 18.7 Å². The molecule has 4 heteroatoms. The minimum atomic E-state index is -0.831. The Hall–Kier alpha value is -1.00. The van der Waals surface area contributed by atoms with Gasteiger partial charge in [0.25, 0.3) is 0 Å². The third-order valence-electron chi connectivity index (χ3n) is 2.49. The van der Waals surface area contributed by atoms with E-state index in [1.807, 2.05) is 18.7 Å². The average molecular weight is 229 g/mol. The number of nitrogens with zero attached hydrogens (tertiary/aromatic N) is 1. The molecule has 0 aromatic heterocycles. The Kier molecular flexibility index (Phi) is 4.83. The lowest BCUT2D eigenvalue weighted by molar-refractivity contribution is 0.159. The summed E-state index contributed by atoms with van der Waals surface area (Å²) in [7, 11) is 0. The lowest BCUT2D eigenvalue weighted by Gasteiger charge is -2.25. The summed E-state index contributed by atoms with van der Waals surface area (Å²) >= 11 is 0. The molecule has 0 heterocycles. The van der Waals surface area contributed by atoms with Crippen molar-refractivity contribution >= 4 is 0 Å². The topological polar surface area (TPSA) is 23.5 Å². The van der Waals surface area contributed by atoms with Gasteiger partial charge in [-0.1, -0.05) is 6.07 Å². The van der Waals surface area contributed by atoms with Gasteiger partial charge in [-0.3, -0.25) is 4.90 Å². The summed E-state index contributed by atoms with van der Waals surface area (Å²) in [5.41, 5.74) is 0.709. The van der Waals surface area contributed by atoms with Gasteiger partial charge in [-0.25, -0.2) is 8.78 Å². The van der Waals surface area contributed by atoms with Crippen LogP contribution in [0.3, 0.4) is 0 Å². The van der Waals surface area contributed by atoms with E-state index in [9.17, 15) is 8.78 Å². The van der Waals surface area contributed by atoms with Gasteiger partial charge in [0.15, 0.2) is 11.6 Å². The number of hydrogen-bond donors (Lipinski definition) is 1. The van der Waals surface area contributed by atoms with Crippen molar-refractivity contribution in [1.82, 2.24) is 4.90 Å². The summed E-state index contributed by atoms with van der Waals surface area (Å²) < 4.78 is 25.7. The molecule has 0 aliphatic carbocycles. The smallest absolute Gasteiger partial charge is 0.159 e. The minimum Gasteiger partial charge on any atom is -0.395 e. The van der Waals surface area contributed by atoms with Crippen molar-refractivity contribution in [3.63, 3.8) is 0 Å². The van der Waals surface area contributed by atoms with Crippen LogP contribution >= 0.6 is 0 Å². The Morgan fingerprint density at radius 2 is 1.94 bits per heavy atom. The van der Waals surface area contributed by atoms with Crippen LogP contribution in [-0.4, -0.2) is 29.2 Å². The van der Waals surface area contributed by atoms with Crippen molar-refractivity contribution in [2.45, 2.75) is 26.4 Å². The van der Waals surface area contributed by atoms with Crippen LogP contribution in [0.4, 0.5) is 8.78 Å². The molecule has 0 saturated carbocycles. The summed E-state index contributed by atoms with van der Waals surface area (Å²) in [5, 5.41) is 8.89. The minimum absolute atomic E-state index is 0.0574. The van der Waals surface area contributed by atoms with Crippen LogP contribution in [0.1, 0.15) is 19.4 Å². The summed E-state index contributed by atoms with van der Waals surface area (Å²) in [6.07, 6.45) is 0. The molecule has 90 valence electrons. The molecule has 0 aliphatic heterocycles. The molecule has 0 amide bonds. The molecule has 1 aromatic carbocycles. The van der Waals surface area contributed by atoms with Crippen LogP contribution in [0.25, 0.3) is 0 Å². The molecule has 0 spiro atoms. The van der Waals surface area contributed by atoms with Gasteiger partial charge in [-0.15, -0.1) is 0 Å². The zero-order valence-electron chi connectivity index (χ0n) is 9.58. The highest BCUT2D eigenvalue weighted by atomic mass is 19.2. The maximum Gasteiger partial charge on any atom is 0.159 e. The second-order valence-corrected chi connectivity index (χ2v) is 4.04. The van der Waals surface area contributed by atoms with Crippen molar-refractivity contribution < 1.29 is 13.9 Å². The Balaban J connectivity index is 2.73. The lowest BCUT2D eigenvalue weighted by atomic mass is 10.2. The summed E-state index contributed by atoms with van der Waals surface area (Å²) in [6, 6.07) is 4.13. The first-order valence-corrected chi connectivity index (χ1v) is 5.33. The lowest BCUT2D eigenvalue weighted by Crippen LogP contribution is -2.32. The molecule has 0 atom stereocenters. The zero-order chi connectivity index (χ0) is 12.1. The highest BCUT2D eigenvalue weighted by molar-refractivity contribution is 5.17. The Morgan fingerprint density at radius 3 is 2.44 bits per heavy atom. The van der Waals surface area contributed by atoms with Crippen LogP contribution in [0, 0.1) is 11.6 Å². The fraction of sp³-hybridized carbons (Fsp3) is 0.500. The molecular formula is C12H17F2NO. The van der Waals surface area contributed by atoms with E-state index in [2.05, 4.69) is 0 Å². The van der Waals surface area contributed by atoms with Crippen LogP contribution in [0.2, 0.25) is 0 Å². The summed E-state index contributed by atoms with van der Waals surface area (Å²) in [5.74, 6) is -1.66. The maximum atomic E-state index is 13.0. The highest BCUT2D eigenvalue weighted by Crippen LogP contribution is 2.12. The molecule has 1 rings (SSSR count). The first-order valence-electron chi connectivity index (χ1n) is 5.33. The number of hydrogen-bond acceptors (Lipinski definition) is 2. The first-order chi connectivity index (χ1) is 7.54. The Labute approximate surface area is 94.5 Å².